The normalized spacial score (nSPS) is 11.2. The topological polar surface area (TPSA) is 25.8 Å². The van der Waals surface area contributed by atoms with E-state index in [0.717, 1.165) is 28.9 Å². The SMILES string of the molecule is Cc1c[c-]c(-c2ccc([Si](C)(C)C)cn2)cc1.Cc1ccccc1Cc1ccnc(-c2[c-]cc(C(C)(C)C)cc2)c1.[Ir]. The molecule has 0 fully saturated rings. The Morgan fingerprint density at radius 1 is 0.738 bits per heavy atom. The van der Waals surface area contributed by atoms with Crippen molar-refractivity contribution >= 4 is 13.3 Å². The molecule has 0 N–H and O–H groups in total. The first-order chi connectivity index (χ1) is 19.4. The Bertz CT molecular complexity index is 1560. The van der Waals surface area contributed by atoms with Crippen LogP contribution in [0.3, 0.4) is 0 Å². The minimum Gasteiger partial charge on any atom is -0.305 e. The van der Waals surface area contributed by atoms with Crippen molar-refractivity contribution in [2.24, 2.45) is 0 Å². The average Bonchev–Trinajstić information content (AvgIpc) is 2.94. The van der Waals surface area contributed by atoms with E-state index in [2.05, 4.69) is 155 Å². The predicted octanol–water partition coefficient (Wildman–Crippen LogP) is 9.15. The van der Waals surface area contributed by atoms with Gasteiger partial charge in [-0.15, -0.1) is 70.8 Å². The van der Waals surface area contributed by atoms with Crippen molar-refractivity contribution in [2.45, 2.75) is 66.1 Å². The van der Waals surface area contributed by atoms with Gasteiger partial charge in [0.2, 0.25) is 0 Å². The molecule has 3 aromatic carbocycles. The number of hydrogen-bond donors (Lipinski definition) is 0. The van der Waals surface area contributed by atoms with E-state index in [4.69, 9.17) is 0 Å². The second-order valence-corrected chi connectivity index (χ2v) is 17.9. The molecule has 0 unspecified atom stereocenters. The smallest absolute Gasteiger partial charge is 0.0795 e. The maximum Gasteiger partial charge on any atom is 0.0795 e. The van der Waals surface area contributed by atoms with Crippen LogP contribution in [0.2, 0.25) is 19.6 Å². The van der Waals surface area contributed by atoms with Crippen molar-refractivity contribution in [3.8, 4) is 22.5 Å². The fourth-order valence-electron chi connectivity index (χ4n) is 4.47. The molecule has 4 heteroatoms. The average molecular weight is 747 g/mol. The first-order valence-electron chi connectivity index (χ1n) is 14.4. The van der Waals surface area contributed by atoms with Gasteiger partial charge in [0, 0.05) is 32.5 Å². The number of pyridine rings is 2. The Kier molecular flexibility index (Phi) is 11.4. The fraction of sp³-hybridized carbons (Fsp3) is 0.263. The molecule has 0 aliphatic carbocycles. The first-order valence-corrected chi connectivity index (χ1v) is 17.9. The third-order valence-electron chi connectivity index (χ3n) is 7.31. The molecule has 0 atom stereocenters. The molecule has 1 radical (unpaired) electrons. The van der Waals surface area contributed by atoms with Crippen LogP contribution >= 0.6 is 0 Å². The molecule has 0 spiro atoms. The van der Waals surface area contributed by atoms with Crippen molar-refractivity contribution in [3.63, 3.8) is 0 Å². The Labute approximate surface area is 268 Å². The molecule has 0 aliphatic rings. The molecule has 0 amide bonds. The number of nitrogens with zero attached hydrogens (tertiary/aromatic N) is 2. The van der Waals surface area contributed by atoms with E-state index >= 15 is 0 Å². The van der Waals surface area contributed by atoms with Gasteiger partial charge in [0.25, 0.3) is 0 Å². The van der Waals surface area contributed by atoms with Gasteiger partial charge in [-0.3, -0.25) is 0 Å². The molecule has 5 aromatic rings. The zero-order chi connectivity index (χ0) is 29.6. The molecule has 2 nitrogen and oxygen atoms in total. The van der Waals surface area contributed by atoms with Gasteiger partial charge in [0.05, 0.1) is 8.07 Å². The molecule has 2 aromatic heterocycles. The van der Waals surface area contributed by atoms with Crippen molar-refractivity contribution in [3.05, 3.63) is 137 Å². The summed E-state index contributed by atoms with van der Waals surface area (Å²) in [6, 6.07) is 36.4. The molecule has 0 saturated carbocycles. The van der Waals surface area contributed by atoms with E-state index in [-0.39, 0.29) is 25.5 Å². The summed E-state index contributed by atoms with van der Waals surface area (Å²) in [5.74, 6) is 0. The third kappa shape index (κ3) is 9.16. The van der Waals surface area contributed by atoms with Crippen molar-refractivity contribution in [1.29, 1.82) is 0 Å². The summed E-state index contributed by atoms with van der Waals surface area (Å²) < 4.78 is 0. The van der Waals surface area contributed by atoms with Gasteiger partial charge < -0.3 is 9.97 Å². The Morgan fingerprint density at radius 3 is 2.00 bits per heavy atom. The molecule has 0 bridgehead atoms. The predicted molar refractivity (Wildman–Crippen MR) is 177 cm³/mol. The molecular formula is C38H42IrN2Si-2. The van der Waals surface area contributed by atoms with Gasteiger partial charge in [-0.2, -0.15) is 0 Å². The number of benzene rings is 3. The Balaban J connectivity index is 0.000000238. The Morgan fingerprint density at radius 2 is 1.43 bits per heavy atom. The van der Waals surface area contributed by atoms with Gasteiger partial charge in [0.15, 0.2) is 0 Å². The monoisotopic (exact) mass is 747 g/mol. The summed E-state index contributed by atoms with van der Waals surface area (Å²) in [5, 5.41) is 1.40. The maximum absolute atomic E-state index is 4.55. The summed E-state index contributed by atoms with van der Waals surface area (Å²) >= 11 is 0. The zero-order valence-corrected chi connectivity index (χ0v) is 29.6. The number of rotatable bonds is 5. The fourth-order valence-corrected chi connectivity index (χ4v) is 5.50. The number of aromatic nitrogens is 2. The van der Waals surface area contributed by atoms with Crippen LogP contribution in [0.4, 0.5) is 0 Å². The van der Waals surface area contributed by atoms with Crippen LogP contribution in [0.1, 0.15) is 48.6 Å². The van der Waals surface area contributed by atoms with Crippen LogP contribution in [0.15, 0.2) is 97.3 Å². The molecule has 219 valence electrons. The summed E-state index contributed by atoms with van der Waals surface area (Å²) in [6.07, 6.45) is 4.85. The van der Waals surface area contributed by atoms with E-state index in [9.17, 15) is 0 Å². The zero-order valence-electron chi connectivity index (χ0n) is 26.2. The summed E-state index contributed by atoms with van der Waals surface area (Å²) in [5.41, 5.74) is 10.8. The van der Waals surface area contributed by atoms with Crippen molar-refractivity contribution < 1.29 is 20.1 Å². The van der Waals surface area contributed by atoms with Crippen molar-refractivity contribution in [1.82, 2.24) is 9.97 Å². The van der Waals surface area contributed by atoms with Crippen LogP contribution < -0.4 is 5.19 Å². The van der Waals surface area contributed by atoms with E-state index < -0.39 is 8.07 Å². The van der Waals surface area contributed by atoms with E-state index in [1.165, 1.54) is 33.0 Å². The summed E-state index contributed by atoms with van der Waals surface area (Å²) in [7, 11) is -1.24. The van der Waals surface area contributed by atoms with Crippen LogP contribution in [0.5, 0.6) is 0 Å². The molecule has 42 heavy (non-hydrogen) atoms. The first kappa shape index (κ1) is 33.3. The summed E-state index contributed by atoms with van der Waals surface area (Å²) in [4.78, 5) is 9.08. The molecule has 5 rings (SSSR count). The van der Waals surface area contributed by atoms with E-state index in [1.807, 2.05) is 18.5 Å². The standard InChI is InChI=1S/C23H24N.C15H18NSi.Ir/c1-17-7-5-6-8-20(17)15-18-13-14-24-22(16-18)19-9-11-21(12-10-19)23(2,3)4;1-12-5-7-13(8-6-12)15-10-9-14(11-16-15)17(2,3)4;/h5-9,11-14,16H,15H2,1-4H3;5-7,9-11H,1-4H3;/q2*-1;. The van der Waals surface area contributed by atoms with Gasteiger partial charge in [0.1, 0.15) is 0 Å². The van der Waals surface area contributed by atoms with Crippen LogP contribution in [0, 0.1) is 26.0 Å². The number of hydrogen-bond acceptors (Lipinski definition) is 2. The molecule has 0 saturated heterocycles. The summed E-state index contributed by atoms with van der Waals surface area (Å²) in [6.45, 7) is 17.9. The van der Waals surface area contributed by atoms with Crippen molar-refractivity contribution in [2.75, 3.05) is 0 Å². The van der Waals surface area contributed by atoms with Gasteiger partial charge >= 0.3 is 0 Å². The molecule has 2 heterocycles. The van der Waals surface area contributed by atoms with Crippen LogP contribution in [0.25, 0.3) is 22.5 Å². The van der Waals surface area contributed by atoms with Crippen LogP contribution in [-0.2, 0) is 31.9 Å². The van der Waals surface area contributed by atoms with E-state index in [1.54, 1.807) is 0 Å². The minimum atomic E-state index is -1.24. The molecule has 0 aliphatic heterocycles. The van der Waals surface area contributed by atoms with Crippen LogP contribution in [-0.4, -0.2) is 18.0 Å². The Hall–Kier alpha value is -3.17. The third-order valence-corrected chi connectivity index (χ3v) is 9.34. The van der Waals surface area contributed by atoms with Gasteiger partial charge in [-0.25, -0.2) is 0 Å². The second-order valence-electron chi connectivity index (χ2n) is 12.9. The molecular weight excluding hydrogens is 705 g/mol. The largest absolute Gasteiger partial charge is 0.305 e. The number of aryl methyl sites for hydroxylation is 2. The quantitative estimate of drug-likeness (QED) is 0.133. The minimum absolute atomic E-state index is 0. The van der Waals surface area contributed by atoms with E-state index in [0.29, 0.717) is 0 Å². The van der Waals surface area contributed by atoms with Gasteiger partial charge in [-0.05, 0) is 58.1 Å². The second kappa shape index (κ2) is 14.3. The van der Waals surface area contributed by atoms with Gasteiger partial charge in [-0.1, -0.05) is 89.8 Å². The maximum atomic E-state index is 4.55.